The van der Waals surface area contributed by atoms with E-state index in [1.807, 2.05) is 0 Å². The minimum absolute atomic E-state index is 0.0223. The van der Waals surface area contributed by atoms with E-state index in [0.29, 0.717) is 11.8 Å². The van der Waals surface area contributed by atoms with Gasteiger partial charge in [0.15, 0.2) is 0 Å². The first-order valence-corrected chi connectivity index (χ1v) is 17.2. The van der Waals surface area contributed by atoms with Gasteiger partial charge in [-0.1, -0.05) is 111 Å². The highest BCUT2D eigenvalue weighted by atomic mass is 15.0. The Hall–Kier alpha value is -5.08. The number of para-hydroxylation sites is 1. The zero-order valence-electron chi connectivity index (χ0n) is 27.3. The molecule has 2 atom stereocenters. The summed E-state index contributed by atoms with van der Waals surface area (Å²) in [6.45, 7) is 7.22. The second kappa shape index (κ2) is 9.72. The zero-order chi connectivity index (χ0) is 31.4. The maximum absolute atomic E-state index is 2.61. The molecule has 0 aliphatic heterocycles. The summed E-state index contributed by atoms with van der Waals surface area (Å²) in [6.07, 6.45) is 22.1. The highest BCUT2D eigenvalue weighted by molar-refractivity contribution is 6.03. The van der Waals surface area contributed by atoms with Crippen LogP contribution in [0.1, 0.15) is 73.2 Å². The van der Waals surface area contributed by atoms with Gasteiger partial charge >= 0.3 is 0 Å². The average Bonchev–Trinajstić information content (AvgIpc) is 3.57. The van der Waals surface area contributed by atoms with Crippen LogP contribution in [-0.4, -0.2) is 9.13 Å². The normalized spacial score (nSPS) is 20.6. The number of rotatable bonds is 2. The molecule has 0 spiro atoms. The predicted octanol–water partition coefficient (Wildman–Crippen LogP) is 11.6. The molecule has 4 aromatic carbocycles. The molecular formula is C45H38N2. The largest absolute Gasteiger partial charge is 0.313 e. The Bertz CT molecular complexity index is 2480. The standard InChI is InChI=1S/C45H38N2/c1-28-22-23-43-35(24-28)37-26-34-32-16-6-8-18-38(32)45(2,3)39(34)27-44(37)46(43)30-14-11-21-42-36(25-30)33-17-7-9-19-41(33)47(42)40-20-10-13-29-12-4-5-15-31(29)40/h4-13,15,17-23,25-28,32H,14,16,24H2,1-3H3. The predicted molar refractivity (Wildman–Crippen MR) is 200 cm³/mol. The molecule has 2 nitrogen and oxygen atoms in total. The number of fused-ring (bicyclic) bond motifs is 10. The minimum atomic E-state index is 0.0223. The van der Waals surface area contributed by atoms with Gasteiger partial charge in [0.2, 0.25) is 0 Å². The van der Waals surface area contributed by atoms with E-state index in [1.165, 1.54) is 77.6 Å². The van der Waals surface area contributed by atoms with Gasteiger partial charge in [-0.3, -0.25) is 0 Å². The SMILES string of the molecule is CC1C=Cc2c(c3cc4c(cc3n2C2=Cc3c(n(-c5cccc6ccccc56)c5ccccc35)C=CC2)C(C)(C)C2=CC=CCC24)C1. The lowest BCUT2D eigenvalue weighted by Crippen LogP contribution is -2.17. The van der Waals surface area contributed by atoms with Crippen LogP contribution in [0.5, 0.6) is 0 Å². The van der Waals surface area contributed by atoms with E-state index in [0.717, 1.165) is 19.3 Å². The van der Waals surface area contributed by atoms with Crippen LogP contribution in [0.25, 0.3) is 62.2 Å². The number of allylic oxidation sites excluding steroid dienone is 7. The first-order valence-electron chi connectivity index (χ1n) is 17.2. The van der Waals surface area contributed by atoms with Crippen LogP contribution in [0.4, 0.5) is 0 Å². The molecule has 0 N–H and O–H groups in total. The van der Waals surface area contributed by atoms with Gasteiger partial charge in [-0.2, -0.15) is 0 Å². The molecule has 2 unspecified atom stereocenters. The third-order valence-electron chi connectivity index (χ3n) is 11.5. The third-order valence-corrected chi connectivity index (χ3v) is 11.5. The maximum atomic E-state index is 2.61. The molecule has 47 heavy (non-hydrogen) atoms. The Labute approximate surface area is 276 Å². The summed E-state index contributed by atoms with van der Waals surface area (Å²) >= 11 is 0. The van der Waals surface area contributed by atoms with Crippen LogP contribution < -0.4 is 0 Å². The monoisotopic (exact) mass is 606 g/mol. The molecule has 0 fully saturated rings. The van der Waals surface area contributed by atoms with Crippen LogP contribution in [0.2, 0.25) is 0 Å². The van der Waals surface area contributed by atoms with E-state index >= 15 is 0 Å². The van der Waals surface area contributed by atoms with Crippen LogP contribution in [0.3, 0.4) is 0 Å². The fourth-order valence-electron chi connectivity index (χ4n) is 9.27. The van der Waals surface area contributed by atoms with Gasteiger partial charge in [-0.05, 0) is 83.3 Å². The smallest absolute Gasteiger partial charge is 0.0541 e. The molecule has 0 bridgehead atoms. The van der Waals surface area contributed by atoms with Gasteiger partial charge in [0.1, 0.15) is 0 Å². The summed E-state index contributed by atoms with van der Waals surface area (Å²) in [5.41, 5.74) is 15.2. The van der Waals surface area contributed by atoms with Crippen molar-refractivity contribution in [2.45, 2.75) is 51.4 Å². The van der Waals surface area contributed by atoms with E-state index in [2.05, 4.69) is 157 Å². The Morgan fingerprint density at radius 2 is 1.60 bits per heavy atom. The molecule has 4 aliphatic carbocycles. The zero-order valence-corrected chi connectivity index (χ0v) is 27.3. The Balaban J connectivity index is 1.24. The summed E-state index contributed by atoms with van der Waals surface area (Å²) in [4.78, 5) is 0. The molecule has 0 saturated heterocycles. The second-order valence-electron chi connectivity index (χ2n) is 14.6. The molecule has 0 radical (unpaired) electrons. The molecule has 2 aromatic heterocycles. The van der Waals surface area contributed by atoms with Crippen LogP contribution in [-0.2, 0) is 11.8 Å². The molecule has 6 aromatic rings. The second-order valence-corrected chi connectivity index (χ2v) is 14.6. The number of hydrogen-bond donors (Lipinski definition) is 0. The summed E-state index contributed by atoms with van der Waals surface area (Å²) in [7, 11) is 0. The van der Waals surface area contributed by atoms with Crippen molar-refractivity contribution in [3.05, 3.63) is 148 Å². The summed E-state index contributed by atoms with van der Waals surface area (Å²) in [6, 6.07) is 29.5. The summed E-state index contributed by atoms with van der Waals surface area (Å²) < 4.78 is 5.09. The van der Waals surface area contributed by atoms with Crippen LogP contribution in [0, 0.1) is 5.92 Å². The first-order chi connectivity index (χ1) is 23.0. The van der Waals surface area contributed by atoms with Crippen molar-refractivity contribution >= 4 is 56.5 Å². The van der Waals surface area contributed by atoms with E-state index in [-0.39, 0.29) is 5.41 Å². The van der Waals surface area contributed by atoms with Crippen molar-refractivity contribution in [2.24, 2.45) is 5.92 Å². The maximum Gasteiger partial charge on any atom is 0.0541 e. The van der Waals surface area contributed by atoms with Crippen molar-refractivity contribution in [1.82, 2.24) is 9.13 Å². The Kier molecular flexibility index (Phi) is 5.60. The van der Waals surface area contributed by atoms with Crippen molar-refractivity contribution < 1.29 is 0 Å². The van der Waals surface area contributed by atoms with E-state index in [9.17, 15) is 0 Å². The van der Waals surface area contributed by atoms with E-state index in [1.54, 1.807) is 5.57 Å². The number of nitrogens with zero attached hydrogens (tertiary/aromatic N) is 2. The molecule has 0 amide bonds. The molecule has 10 rings (SSSR count). The summed E-state index contributed by atoms with van der Waals surface area (Å²) in [5.74, 6) is 1.03. The fourth-order valence-corrected chi connectivity index (χ4v) is 9.27. The molecular weight excluding hydrogens is 569 g/mol. The first kappa shape index (κ1) is 27.1. The lowest BCUT2D eigenvalue weighted by atomic mass is 9.79. The summed E-state index contributed by atoms with van der Waals surface area (Å²) in [5, 5.41) is 5.26. The lowest BCUT2D eigenvalue weighted by molar-refractivity contribution is 0.612. The van der Waals surface area contributed by atoms with Crippen molar-refractivity contribution in [1.29, 1.82) is 0 Å². The van der Waals surface area contributed by atoms with Gasteiger partial charge in [-0.15, -0.1) is 0 Å². The molecule has 2 heterocycles. The van der Waals surface area contributed by atoms with E-state index in [4.69, 9.17) is 0 Å². The van der Waals surface area contributed by atoms with Gasteiger partial charge in [0.25, 0.3) is 0 Å². The number of hydrogen-bond acceptors (Lipinski definition) is 0. The Morgan fingerprint density at radius 1 is 0.766 bits per heavy atom. The highest BCUT2D eigenvalue weighted by Gasteiger charge is 2.42. The van der Waals surface area contributed by atoms with Crippen LogP contribution >= 0.6 is 0 Å². The number of benzene rings is 4. The average molecular weight is 607 g/mol. The molecule has 2 heteroatoms. The Morgan fingerprint density at radius 3 is 2.51 bits per heavy atom. The topological polar surface area (TPSA) is 9.86 Å². The highest BCUT2D eigenvalue weighted by Crippen LogP contribution is 2.54. The van der Waals surface area contributed by atoms with Gasteiger partial charge in [-0.25, -0.2) is 0 Å². The lowest BCUT2D eigenvalue weighted by Gasteiger charge is -2.25. The molecule has 0 saturated carbocycles. The van der Waals surface area contributed by atoms with Crippen LogP contribution in [0.15, 0.2) is 115 Å². The third kappa shape index (κ3) is 3.73. The van der Waals surface area contributed by atoms with Crippen molar-refractivity contribution in [2.75, 3.05) is 0 Å². The van der Waals surface area contributed by atoms with Gasteiger partial charge in [0, 0.05) is 50.9 Å². The van der Waals surface area contributed by atoms with E-state index < -0.39 is 0 Å². The molecule has 228 valence electrons. The fraction of sp³-hybridized carbons (Fsp3) is 0.200. The van der Waals surface area contributed by atoms with Gasteiger partial charge in [0.05, 0.1) is 22.4 Å². The number of aromatic nitrogens is 2. The quantitative estimate of drug-likeness (QED) is 0.186. The molecule has 4 aliphatic rings. The van der Waals surface area contributed by atoms with Gasteiger partial charge < -0.3 is 9.13 Å². The minimum Gasteiger partial charge on any atom is -0.313 e. The van der Waals surface area contributed by atoms with Crippen molar-refractivity contribution in [3.63, 3.8) is 0 Å². The van der Waals surface area contributed by atoms with Crippen molar-refractivity contribution in [3.8, 4) is 5.69 Å².